The number of nitriles is 1. The predicted molar refractivity (Wildman–Crippen MR) is 171 cm³/mol. The Balaban J connectivity index is 1.28. The van der Waals surface area contributed by atoms with Gasteiger partial charge in [0.25, 0.3) is 5.91 Å². The summed E-state index contributed by atoms with van der Waals surface area (Å²) in [5.41, 5.74) is 6.87. The highest BCUT2D eigenvalue weighted by atomic mass is 19.1. The maximum absolute atomic E-state index is 15.6. The fourth-order valence-electron chi connectivity index (χ4n) is 6.44. The average Bonchev–Trinajstić information content (AvgIpc) is 3.42. The Kier molecular flexibility index (Phi) is 8.71. The van der Waals surface area contributed by atoms with Gasteiger partial charge in [-0.25, -0.2) is 19.0 Å². The lowest BCUT2D eigenvalue weighted by Gasteiger charge is -2.45. The minimum absolute atomic E-state index is 0.0989. The van der Waals surface area contributed by atoms with E-state index in [4.69, 9.17) is 20.3 Å². The summed E-state index contributed by atoms with van der Waals surface area (Å²) in [4.78, 5) is 26.3. The van der Waals surface area contributed by atoms with Gasteiger partial charge in [-0.2, -0.15) is 10.4 Å². The minimum atomic E-state index is -0.537. The molecule has 2 fully saturated rings. The van der Waals surface area contributed by atoms with E-state index < -0.39 is 11.4 Å². The summed E-state index contributed by atoms with van der Waals surface area (Å²) in [6, 6.07) is 15.8. The molecule has 0 spiro atoms. The number of nitrogen functional groups attached to an aromatic ring is 1. The van der Waals surface area contributed by atoms with Gasteiger partial charge in [0, 0.05) is 30.3 Å². The number of halogens is 1. The normalized spacial score (nSPS) is 17.6. The maximum Gasteiger partial charge on any atom is 0.264 e. The zero-order valence-corrected chi connectivity index (χ0v) is 26.2. The number of rotatable bonds is 9. The lowest BCUT2D eigenvalue weighted by molar-refractivity contribution is -0.128. The molecule has 12 heteroatoms. The molecule has 1 atom stereocenters. The first-order chi connectivity index (χ1) is 22.2. The van der Waals surface area contributed by atoms with Crippen LogP contribution >= 0.6 is 0 Å². The zero-order chi connectivity index (χ0) is 32.4. The van der Waals surface area contributed by atoms with Crippen LogP contribution in [-0.2, 0) is 9.53 Å². The van der Waals surface area contributed by atoms with E-state index in [0.717, 1.165) is 6.54 Å². The van der Waals surface area contributed by atoms with Crippen LogP contribution in [0.1, 0.15) is 39.7 Å². The largest absolute Gasteiger partial charge is 0.457 e. The first kappa shape index (κ1) is 31.1. The highest BCUT2D eigenvalue weighted by Gasteiger charge is 2.36. The fraction of sp³-hybridized carbons (Fsp3) is 0.382. The number of anilines is 1. The summed E-state index contributed by atoms with van der Waals surface area (Å²) in [6.07, 6.45) is 4.52. The van der Waals surface area contributed by atoms with Crippen molar-refractivity contribution in [1.82, 2.24) is 29.5 Å². The standard InChI is InChI=1S/C34H37FN8O3/c1-4-42(24-19-45-20-24)34(2,3)16-22(17-36)33(44)41-14-8-9-23(18-41)43-32-29(31(37)38-21-39-32)30(40-43)27-13-12-26(15-28(27)35)46-25-10-6-5-7-11-25/h5-7,10-13,15-16,21,23-24H,4,8-9,14,18-20H2,1-3H3,(H2,37,38,39)/b22-16-. The van der Waals surface area contributed by atoms with E-state index in [1.807, 2.05) is 32.0 Å². The summed E-state index contributed by atoms with van der Waals surface area (Å²) >= 11 is 0. The van der Waals surface area contributed by atoms with E-state index in [-0.39, 0.29) is 34.9 Å². The Hall–Kier alpha value is -4.86. The van der Waals surface area contributed by atoms with E-state index in [0.29, 0.717) is 67.4 Å². The number of carbonyl (C=O) groups is 1. The molecule has 238 valence electrons. The van der Waals surface area contributed by atoms with Crippen molar-refractivity contribution in [2.24, 2.45) is 0 Å². The van der Waals surface area contributed by atoms with Gasteiger partial charge in [0.15, 0.2) is 5.65 Å². The van der Waals surface area contributed by atoms with Gasteiger partial charge >= 0.3 is 0 Å². The summed E-state index contributed by atoms with van der Waals surface area (Å²) < 4.78 is 28.5. The van der Waals surface area contributed by atoms with Crippen LogP contribution in [0.4, 0.5) is 10.2 Å². The van der Waals surface area contributed by atoms with E-state index in [9.17, 15) is 10.1 Å². The number of likely N-dealkylation sites (N-methyl/N-ethyl adjacent to an activating group) is 1. The summed E-state index contributed by atoms with van der Waals surface area (Å²) in [5, 5.41) is 15.3. The van der Waals surface area contributed by atoms with Crippen LogP contribution in [0, 0.1) is 17.1 Å². The van der Waals surface area contributed by atoms with Crippen molar-refractivity contribution in [2.75, 3.05) is 38.6 Å². The van der Waals surface area contributed by atoms with Crippen molar-refractivity contribution >= 4 is 22.8 Å². The number of hydrogen-bond donors (Lipinski definition) is 1. The molecule has 2 saturated heterocycles. The fourth-order valence-corrected chi connectivity index (χ4v) is 6.44. The molecule has 46 heavy (non-hydrogen) atoms. The molecule has 0 saturated carbocycles. The summed E-state index contributed by atoms with van der Waals surface area (Å²) in [5.74, 6) is 0.242. The van der Waals surface area contributed by atoms with Gasteiger partial charge in [-0.05, 0) is 63.6 Å². The first-order valence-corrected chi connectivity index (χ1v) is 15.5. The van der Waals surface area contributed by atoms with Crippen LogP contribution in [0.15, 0.2) is 66.5 Å². The second-order valence-electron chi connectivity index (χ2n) is 12.2. The van der Waals surface area contributed by atoms with Crippen molar-refractivity contribution in [1.29, 1.82) is 5.26 Å². The average molecular weight is 625 g/mol. The molecule has 11 nitrogen and oxygen atoms in total. The van der Waals surface area contributed by atoms with E-state index in [2.05, 4.69) is 27.9 Å². The van der Waals surface area contributed by atoms with Crippen molar-refractivity contribution < 1.29 is 18.7 Å². The molecule has 2 aromatic heterocycles. The van der Waals surface area contributed by atoms with E-state index in [1.54, 1.807) is 39.9 Å². The third kappa shape index (κ3) is 6.03. The van der Waals surface area contributed by atoms with Gasteiger partial charge in [0.1, 0.15) is 46.8 Å². The Morgan fingerprint density at radius 2 is 2.00 bits per heavy atom. The molecule has 2 aliphatic heterocycles. The van der Waals surface area contributed by atoms with Gasteiger partial charge in [-0.1, -0.05) is 25.1 Å². The van der Waals surface area contributed by atoms with E-state index >= 15 is 4.39 Å². The SMILES string of the molecule is CCN(C1COC1)C(C)(C)/C=C(/C#N)C(=O)N1CCCC(n2nc(-c3ccc(Oc4ccccc4)cc3F)c3c(N)ncnc32)C1. The van der Waals surface area contributed by atoms with E-state index in [1.165, 1.54) is 12.4 Å². The zero-order valence-electron chi connectivity index (χ0n) is 26.2. The molecule has 0 bridgehead atoms. The molecule has 2 aromatic carbocycles. The Morgan fingerprint density at radius 3 is 2.67 bits per heavy atom. The lowest BCUT2D eigenvalue weighted by Crippen LogP contribution is -2.57. The number of aromatic nitrogens is 4. The number of nitrogens with zero attached hydrogens (tertiary/aromatic N) is 7. The van der Waals surface area contributed by atoms with Crippen molar-refractivity contribution in [3.05, 3.63) is 72.3 Å². The number of piperidine rings is 1. The molecular formula is C34H37FN8O3. The van der Waals surface area contributed by atoms with Gasteiger partial charge in [0.2, 0.25) is 0 Å². The quantitative estimate of drug-likeness (QED) is 0.199. The molecule has 0 radical (unpaired) electrons. The molecule has 2 N–H and O–H groups in total. The Labute approximate surface area is 267 Å². The lowest BCUT2D eigenvalue weighted by atomic mass is 9.95. The highest BCUT2D eigenvalue weighted by molar-refractivity contribution is 5.99. The molecule has 1 amide bonds. The number of ether oxygens (including phenoxy) is 2. The topological polar surface area (TPSA) is 135 Å². The van der Waals surface area contributed by atoms with Crippen molar-refractivity contribution in [3.63, 3.8) is 0 Å². The predicted octanol–water partition coefficient (Wildman–Crippen LogP) is 5.12. The molecule has 0 aliphatic carbocycles. The van der Waals surface area contributed by atoms with Crippen LogP contribution in [-0.4, -0.2) is 79.9 Å². The molecule has 4 heterocycles. The maximum atomic E-state index is 15.6. The third-order valence-corrected chi connectivity index (χ3v) is 8.71. The Morgan fingerprint density at radius 1 is 1.22 bits per heavy atom. The Bertz CT molecular complexity index is 1810. The summed E-state index contributed by atoms with van der Waals surface area (Å²) in [6.45, 7) is 8.94. The smallest absolute Gasteiger partial charge is 0.264 e. The van der Waals surface area contributed by atoms with Gasteiger partial charge in [0.05, 0.1) is 30.7 Å². The number of carbonyl (C=O) groups excluding carboxylic acids is 1. The van der Waals surface area contributed by atoms with Crippen molar-refractivity contribution in [3.8, 4) is 28.8 Å². The highest BCUT2D eigenvalue weighted by Crippen LogP contribution is 2.36. The van der Waals surface area contributed by atoms with Crippen LogP contribution in [0.2, 0.25) is 0 Å². The number of fused-ring (bicyclic) bond motifs is 1. The molecule has 6 rings (SSSR count). The second kappa shape index (κ2) is 12.9. The number of amides is 1. The van der Waals surface area contributed by atoms with Crippen LogP contribution in [0.5, 0.6) is 11.5 Å². The van der Waals surface area contributed by atoms with Gasteiger partial charge in [-0.15, -0.1) is 0 Å². The monoisotopic (exact) mass is 624 g/mol. The van der Waals surface area contributed by atoms with Crippen LogP contribution in [0.3, 0.4) is 0 Å². The number of hydrogen-bond acceptors (Lipinski definition) is 9. The third-order valence-electron chi connectivity index (χ3n) is 8.71. The van der Waals surface area contributed by atoms with Crippen LogP contribution in [0.25, 0.3) is 22.3 Å². The first-order valence-electron chi connectivity index (χ1n) is 15.5. The molecule has 2 aliphatic rings. The molecular weight excluding hydrogens is 587 g/mol. The molecule has 4 aromatic rings. The van der Waals surface area contributed by atoms with Gasteiger partial charge < -0.3 is 20.1 Å². The number of likely N-dealkylation sites (tertiary alicyclic amines) is 1. The van der Waals surface area contributed by atoms with Crippen molar-refractivity contribution in [2.45, 2.75) is 51.2 Å². The number of para-hydroxylation sites is 1. The second-order valence-corrected chi connectivity index (χ2v) is 12.2. The molecule has 1 unspecified atom stereocenters. The minimum Gasteiger partial charge on any atom is -0.457 e. The number of nitrogens with two attached hydrogens (primary N) is 1. The van der Waals surface area contributed by atoms with Gasteiger partial charge in [-0.3, -0.25) is 9.69 Å². The summed E-state index contributed by atoms with van der Waals surface area (Å²) in [7, 11) is 0. The number of benzene rings is 2. The van der Waals surface area contributed by atoms with Crippen LogP contribution < -0.4 is 10.5 Å².